The van der Waals surface area contributed by atoms with Gasteiger partial charge in [0.2, 0.25) is 0 Å². The number of rotatable bonds is 4. The summed E-state index contributed by atoms with van der Waals surface area (Å²) in [6.07, 6.45) is 1.34. The Hall–Kier alpha value is -3.26. The predicted octanol–water partition coefficient (Wildman–Crippen LogP) is 3.97. The number of benzene rings is 2. The highest BCUT2D eigenvalue weighted by Gasteiger charge is 2.30. The SMILES string of the molecule is COc1c2ccoc2c(S(=O)(=O)Nc2ccc(C)cc2)c2oc(C)cc(=O)c12. The van der Waals surface area contributed by atoms with Crippen LogP contribution in [0.1, 0.15) is 11.3 Å². The molecule has 144 valence electrons. The maximum atomic E-state index is 13.3. The van der Waals surface area contributed by atoms with Crippen LogP contribution in [0.4, 0.5) is 5.69 Å². The van der Waals surface area contributed by atoms with Crippen LogP contribution in [-0.2, 0) is 10.0 Å². The fourth-order valence-electron chi connectivity index (χ4n) is 3.17. The van der Waals surface area contributed by atoms with Gasteiger partial charge in [-0.3, -0.25) is 9.52 Å². The van der Waals surface area contributed by atoms with Crippen LogP contribution in [0, 0.1) is 13.8 Å². The molecule has 1 N–H and O–H groups in total. The second-order valence-electron chi connectivity index (χ2n) is 6.42. The minimum Gasteiger partial charge on any atom is -0.495 e. The van der Waals surface area contributed by atoms with Gasteiger partial charge >= 0.3 is 0 Å². The van der Waals surface area contributed by atoms with E-state index in [0.29, 0.717) is 11.1 Å². The van der Waals surface area contributed by atoms with E-state index in [4.69, 9.17) is 13.6 Å². The van der Waals surface area contributed by atoms with Crippen LogP contribution < -0.4 is 14.9 Å². The van der Waals surface area contributed by atoms with Crippen molar-refractivity contribution in [3.05, 3.63) is 64.2 Å². The first kappa shape index (κ1) is 18.1. The summed E-state index contributed by atoms with van der Waals surface area (Å²) in [5.74, 6) is 0.485. The molecule has 0 radical (unpaired) electrons. The zero-order valence-electron chi connectivity index (χ0n) is 15.4. The maximum absolute atomic E-state index is 13.3. The van der Waals surface area contributed by atoms with Gasteiger partial charge in [-0.05, 0) is 32.0 Å². The van der Waals surface area contributed by atoms with Gasteiger partial charge in [-0.1, -0.05) is 17.7 Å². The summed E-state index contributed by atoms with van der Waals surface area (Å²) in [6.45, 7) is 3.47. The number of methoxy groups -OCH3 is 1. The molecule has 28 heavy (non-hydrogen) atoms. The number of anilines is 1. The minimum absolute atomic E-state index is 0.0475. The van der Waals surface area contributed by atoms with Crippen molar-refractivity contribution in [1.82, 2.24) is 0 Å². The number of fused-ring (bicyclic) bond motifs is 2. The Kier molecular flexibility index (Phi) is 4.15. The Balaban J connectivity index is 2.08. The van der Waals surface area contributed by atoms with Crippen molar-refractivity contribution >= 4 is 37.6 Å². The zero-order valence-corrected chi connectivity index (χ0v) is 16.2. The second-order valence-corrected chi connectivity index (χ2v) is 8.04. The van der Waals surface area contributed by atoms with E-state index >= 15 is 0 Å². The van der Waals surface area contributed by atoms with Gasteiger partial charge in [-0.25, -0.2) is 8.42 Å². The molecule has 8 heteroatoms. The molecule has 0 aliphatic heterocycles. The Bertz CT molecular complexity index is 1360. The van der Waals surface area contributed by atoms with Crippen molar-refractivity contribution in [3.63, 3.8) is 0 Å². The first-order valence-electron chi connectivity index (χ1n) is 8.43. The van der Waals surface area contributed by atoms with Crippen molar-refractivity contribution in [1.29, 1.82) is 0 Å². The van der Waals surface area contributed by atoms with Crippen molar-refractivity contribution in [3.8, 4) is 5.75 Å². The molecule has 0 bridgehead atoms. The van der Waals surface area contributed by atoms with Crippen LogP contribution in [-0.4, -0.2) is 15.5 Å². The normalized spacial score (nSPS) is 11.8. The number of sulfonamides is 1. The first-order chi connectivity index (χ1) is 13.3. The third kappa shape index (κ3) is 2.82. The Morgan fingerprint density at radius 2 is 1.75 bits per heavy atom. The van der Waals surface area contributed by atoms with Crippen LogP contribution in [0.2, 0.25) is 0 Å². The molecular formula is C20H17NO6S. The molecule has 0 aliphatic carbocycles. The molecule has 2 heterocycles. The van der Waals surface area contributed by atoms with Crippen LogP contribution in [0.5, 0.6) is 5.75 Å². The number of furan rings is 1. The smallest absolute Gasteiger partial charge is 0.269 e. The maximum Gasteiger partial charge on any atom is 0.269 e. The summed E-state index contributed by atoms with van der Waals surface area (Å²) in [5.41, 5.74) is 0.921. The summed E-state index contributed by atoms with van der Waals surface area (Å²) >= 11 is 0. The zero-order chi connectivity index (χ0) is 20.1. The van der Waals surface area contributed by atoms with E-state index in [1.165, 1.54) is 19.4 Å². The molecular weight excluding hydrogens is 382 g/mol. The predicted molar refractivity (Wildman–Crippen MR) is 106 cm³/mol. The average Bonchev–Trinajstić information content (AvgIpc) is 3.10. The summed E-state index contributed by atoms with van der Waals surface area (Å²) < 4.78 is 45.6. The fourth-order valence-corrected chi connectivity index (χ4v) is 4.51. The number of aryl methyl sites for hydroxylation is 2. The minimum atomic E-state index is -4.14. The van der Waals surface area contributed by atoms with Gasteiger partial charge in [0, 0.05) is 11.8 Å². The second kappa shape index (κ2) is 6.42. The molecule has 0 saturated carbocycles. The van der Waals surface area contributed by atoms with E-state index in [1.807, 2.05) is 6.92 Å². The Morgan fingerprint density at radius 1 is 1.04 bits per heavy atom. The standard InChI is InChI=1S/C20H17NO6S/c1-11-4-6-13(7-5-11)21-28(23,24)20-18-14(8-9-26-18)17(25-3)16-15(22)10-12(2)27-19(16)20/h4-10,21H,1-3H3. The quantitative estimate of drug-likeness (QED) is 0.558. The van der Waals surface area contributed by atoms with Gasteiger partial charge in [0.05, 0.1) is 18.8 Å². The van der Waals surface area contributed by atoms with Crippen LogP contribution in [0.15, 0.2) is 61.2 Å². The Morgan fingerprint density at radius 3 is 2.43 bits per heavy atom. The molecule has 2 aromatic heterocycles. The van der Waals surface area contributed by atoms with Crippen molar-refractivity contribution in [2.45, 2.75) is 18.7 Å². The van der Waals surface area contributed by atoms with Gasteiger partial charge in [0.15, 0.2) is 21.5 Å². The van der Waals surface area contributed by atoms with Crippen LogP contribution in [0.3, 0.4) is 0 Å². The average molecular weight is 399 g/mol. The molecule has 0 unspecified atom stereocenters. The molecule has 0 atom stereocenters. The van der Waals surface area contributed by atoms with Gasteiger partial charge in [-0.2, -0.15) is 0 Å². The Labute approximate surface area is 160 Å². The molecule has 4 rings (SSSR count). The molecule has 4 aromatic rings. The number of hydrogen-bond donors (Lipinski definition) is 1. The van der Waals surface area contributed by atoms with E-state index in [2.05, 4.69) is 4.72 Å². The molecule has 0 spiro atoms. The van der Waals surface area contributed by atoms with E-state index in [0.717, 1.165) is 5.56 Å². The summed E-state index contributed by atoms with van der Waals surface area (Å²) in [7, 11) is -2.74. The number of nitrogens with one attached hydrogen (secondary N) is 1. The lowest BCUT2D eigenvalue weighted by atomic mass is 10.1. The van der Waals surface area contributed by atoms with Gasteiger partial charge in [-0.15, -0.1) is 0 Å². The third-order valence-corrected chi connectivity index (χ3v) is 5.81. The molecule has 2 aromatic carbocycles. The summed E-state index contributed by atoms with van der Waals surface area (Å²) in [5, 5.41) is 0.418. The summed E-state index contributed by atoms with van der Waals surface area (Å²) in [6, 6.07) is 9.73. The van der Waals surface area contributed by atoms with E-state index in [-0.39, 0.29) is 33.0 Å². The van der Waals surface area contributed by atoms with Crippen LogP contribution in [0.25, 0.3) is 21.9 Å². The lowest BCUT2D eigenvalue weighted by Crippen LogP contribution is -2.15. The molecule has 0 amide bonds. The van der Waals surface area contributed by atoms with Gasteiger partial charge < -0.3 is 13.6 Å². The summed E-state index contributed by atoms with van der Waals surface area (Å²) in [4.78, 5) is 12.4. The van der Waals surface area contributed by atoms with Crippen LogP contribution >= 0.6 is 0 Å². The van der Waals surface area contributed by atoms with E-state index in [1.54, 1.807) is 37.3 Å². The molecule has 7 nitrogen and oxygen atoms in total. The molecule has 0 aliphatic rings. The van der Waals surface area contributed by atoms with Crippen molar-refractivity contribution in [2.24, 2.45) is 0 Å². The van der Waals surface area contributed by atoms with Gasteiger partial charge in [0.1, 0.15) is 16.9 Å². The lowest BCUT2D eigenvalue weighted by molar-refractivity contribution is 0.422. The van der Waals surface area contributed by atoms with E-state index < -0.39 is 15.5 Å². The molecule has 0 fully saturated rings. The largest absolute Gasteiger partial charge is 0.495 e. The first-order valence-corrected chi connectivity index (χ1v) is 9.91. The number of ether oxygens (including phenoxy) is 1. The number of hydrogen-bond acceptors (Lipinski definition) is 6. The molecule has 0 saturated heterocycles. The lowest BCUT2D eigenvalue weighted by Gasteiger charge is -2.13. The van der Waals surface area contributed by atoms with Crippen molar-refractivity contribution < 1.29 is 22.0 Å². The van der Waals surface area contributed by atoms with Crippen molar-refractivity contribution in [2.75, 3.05) is 11.8 Å². The highest BCUT2D eigenvalue weighted by atomic mass is 32.2. The van der Waals surface area contributed by atoms with Gasteiger partial charge in [0.25, 0.3) is 10.0 Å². The highest BCUT2D eigenvalue weighted by Crippen LogP contribution is 2.40. The highest BCUT2D eigenvalue weighted by molar-refractivity contribution is 7.93. The third-order valence-electron chi connectivity index (χ3n) is 4.40. The fraction of sp³-hybridized carbons (Fsp3) is 0.150. The monoisotopic (exact) mass is 399 g/mol. The topological polar surface area (TPSA) is 98.8 Å². The van der Waals surface area contributed by atoms with E-state index in [9.17, 15) is 13.2 Å².